The molecule has 7 heteroatoms. The van der Waals surface area contributed by atoms with Gasteiger partial charge in [-0.25, -0.2) is 4.98 Å². The van der Waals surface area contributed by atoms with Crippen molar-refractivity contribution in [1.82, 2.24) is 10.3 Å². The van der Waals surface area contributed by atoms with Crippen molar-refractivity contribution in [3.63, 3.8) is 0 Å². The monoisotopic (exact) mass is 300 g/mol. The zero-order valence-corrected chi connectivity index (χ0v) is 13.3. The van der Waals surface area contributed by atoms with E-state index >= 15 is 0 Å². The highest BCUT2D eigenvalue weighted by molar-refractivity contribution is 7.18. The number of thiazole rings is 1. The number of aromatic nitrogens is 1. The van der Waals surface area contributed by atoms with Crippen LogP contribution in [0.2, 0.25) is 0 Å². The van der Waals surface area contributed by atoms with E-state index in [4.69, 9.17) is 10.5 Å². The van der Waals surface area contributed by atoms with Gasteiger partial charge in [0.05, 0.1) is 6.61 Å². The van der Waals surface area contributed by atoms with Gasteiger partial charge in [0.1, 0.15) is 10.7 Å². The molecule has 1 aromatic heterocycles. The third-order valence-corrected chi connectivity index (χ3v) is 3.26. The fourth-order valence-corrected chi connectivity index (χ4v) is 2.39. The minimum atomic E-state index is -0.204. The van der Waals surface area contributed by atoms with Crippen LogP contribution in [-0.2, 0) is 4.74 Å². The van der Waals surface area contributed by atoms with Crippen molar-refractivity contribution in [3.8, 4) is 0 Å². The van der Waals surface area contributed by atoms with Crippen molar-refractivity contribution in [1.29, 1.82) is 0 Å². The largest absolute Gasteiger partial charge is 0.382 e. The summed E-state index contributed by atoms with van der Waals surface area (Å²) in [4.78, 5) is 16.5. The fourth-order valence-electron chi connectivity index (χ4n) is 1.44. The predicted octanol–water partition coefficient (Wildman–Crippen LogP) is 1.95. The first-order chi connectivity index (χ1) is 9.40. The molecule has 4 N–H and O–H groups in total. The van der Waals surface area contributed by atoms with Gasteiger partial charge in [-0.3, -0.25) is 4.79 Å². The summed E-state index contributed by atoms with van der Waals surface area (Å²) in [5.41, 5.74) is 5.76. The lowest BCUT2D eigenvalue weighted by atomic mass is 10.2. The van der Waals surface area contributed by atoms with Gasteiger partial charge in [0.15, 0.2) is 5.13 Å². The van der Waals surface area contributed by atoms with Gasteiger partial charge in [0.25, 0.3) is 5.91 Å². The Kier molecular flexibility index (Phi) is 6.74. The van der Waals surface area contributed by atoms with Crippen LogP contribution in [0.1, 0.15) is 37.4 Å². The standard InChI is InChI=1S/C13H24N4O2S/c1-8(2)7-19-6-5-15-12(18)10-11(14)17-13(20-10)16-9(3)4/h8-9H,5-7,14H2,1-4H3,(H,15,18)(H,16,17). The number of nitrogens with two attached hydrogens (primary N) is 1. The predicted molar refractivity (Wildman–Crippen MR) is 83.3 cm³/mol. The first-order valence-corrected chi connectivity index (χ1v) is 7.60. The Bertz CT molecular complexity index is 432. The van der Waals surface area contributed by atoms with Gasteiger partial charge in [-0.1, -0.05) is 25.2 Å². The van der Waals surface area contributed by atoms with Gasteiger partial charge in [-0.15, -0.1) is 0 Å². The molecule has 0 aliphatic heterocycles. The van der Waals surface area contributed by atoms with Gasteiger partial charge in [-0.2, -0.15) is 0 Å². The summed E-state index contributed by atoms with van der Waals surface area (Å²) in [6, 6.07) is 0.251. The highest BCUT2D eigenvalue weighted by atomic mass is 32.1. The molecule has 1 rings (SSSR count). The lowest BCUT2D eigenvalue weighted by Gasteiger charge is -2.07. The second-order valence-electron chi connectivity index (χ2n) is 5.26. The van der Waals surface area contributed by atoms with Crippen LogP contribution >= 0.6 is 11.3 Å². The normalized spacial score (nSPS) is 11.1. The molecule has 0 bridgehead atoms. The van der Waals surface area contributed by atoms with E-state index in [0.717, 1.165) is 0 Å². The SMILES string of the molecule is CC(C)COCCNC(=O)c1sc(NC(C)C)nc1N. The lowest BCUT2D eigenvalue weighted by molar-refractivity contribution is 0.0890. The minimum Gasteiger partial charge on any atom is -0.382 e. The van der Waals surface area contributed by atoms with Crippen LogP contribution in [-0.4, -0.2) is 36.7 Å². The van der Waals surface area contributed by atoms with Gasteiger partial charge < -0.3 is 21.1 Å². The lowest BCUT2D eigenvalue weighted by Crippen LogP contribution is -2.27. The molecule has 1 amide bonds. The Balaban J connectivity index is 2.41. The molecule has 0 atom stereocenters. The van der Waals surface area contributed by atoms with Crippen LogP contribution in [0.4, 0.5) is 10.9 Å². The average Bonchev–Trinajstić information content (AvgIpc) is 2.68. The van der Waals surface area contributed by atoms with Crippen LogP contribution in [0.5, 0.6) is 0 Å². The molecular formula is C13H24N4O2S. The number of amides is 1. The summed E-state index contributed by atoms with van der Waals surface area (Å²) in [5, 5.41) is 6.58. The molecule has 1 aromatic rings. The second kappa shape index (κ2) is 8.06. The number of ether oxygens (including phenoxy) is 1. The summed E-state index contributed by atoms with van der Waals surface area (Å²) in [5.74, 6) is 0.552. The van der Waals surface area contributed by atoms with E-state index in [1.807, 2.05) is 13.8 Å². The molecule has 0 radical (unpaired) electrons. The Morgan fingerprint density at radius 1 is 1.40 bits per heavy atom. The van der Waals surface area contributed by atoms with Gasteiger partial charge in [-0.05, 0) is 19.8 Å². The molecule has 0 saturated carbocycles. The number of rotatable bonds is 8. The first-order valence-electron chi connectivity index (χ1n) is 6.79. The van der Waals surface area contributed by atoms with Crippen molar-refractivity contribution in [2.45, 2.75) is 33.7 Å². The van der Waals surface area contributed by atoms with Gasteiger partial charge in [0.2, 0.25) is 0 Å². The molecule has 114 valence electrons. The third kappa shape index (κ3) is 5.75. The van der Waals surface area contributed by atoms with Crippen molar-refractivity contribution >= 4 is 28.2 Å². The molecular weight excluding hydrogens is 276 g/mol. The van der Waals surface area contributed by atoms with Crippen molar-refractivity contribution in [2.24, 2.45) is 5.92 Å². The van der Waals surface area contributed by atoms with E-state index in [0.29, 0.717) is 35.7 Å². The molecule has 1 heterocycles. The number of anilines is 2. The number of nitrogen functional groups attached to an aromatic ring is 1. The zero-order valence-electron chi connectivity index (χ0n) is 12.5. The highest BCUT2D eigenvalue weighted by Crippen LogP contribution is 2.25. The van der Waals surface area contributed by atoms with E-state index in [2.05, 4.69) is 29.5 Å². The van der Waals surface area contributed by atoms with Crippen molar-refractivity contribution in [2.75, 3.05) is 30.8 Å². The van der Waals surface area contributed by atoms with Gasteiger partial charge >= 0.3 is 0 Å². The number of carbonyl (C=O) groups is 1. The molecule has 20 heavy (non-hydrogen) atoms. The van der Waals surface area contributed by atoms with E-state index in [1.54, 1.807) is 0 Å². The molecule has 0 fully saturated rings. The van der Waals surface area contributed by atoms with E-state index in [1.165, 1.54) is 11.3 Å². The maximum absolute atomic E-state index is 12.0. The number of hydrogen-bond acceptors (Lipinski definition) is 6. The summed E-state index contributed by atoms with van der Waals surface area (Å²) in [6.45, 7) is 9.84. The molecule has 6 nitrogen and oxygen atoms in total. The van der Waals surface area contributed by atoms with Crippen molar-refractivity contribution in [3.05, 3.63) is 4.88 Å². The van der Waals surface area contributed by atoms with Crippen LogP contribution < -0.4 is 16.4 Å². The topological polar surface area (TPSA) is 89.3 Å². The van der Waals surface area contributed by atoms with Crippen LogP contribution in [0.15, 0.2) is 0 Å². The van der Waals surface area contributed by atoms with Crippen LogP contribution in [0.25, 0.3) is 0 Å². The number of carbonyl (C=O) groups excluding carboxylic acids is 1. The molecule has 0 spiro atoms. The molecule has 0 saturated heterocycles. The quantitative estimate of drug-likeness (QED) is 0.639. The zero-order chi connectivity index (χ0) is 15.1. The molecule has 0 aromatic carbocycles. The van der Waals surface area contributed by atoms with Crippen molar-refractivity contribution < 1.29 is 9.53 Å². The molecule has 0 aliphatic rings. The number of hydrogen-bond donors (Lipinski definition) is 3. The Morgan fingerprint density at radius 3 is 2.70 bits per heavy atom. The highest BCUT2D eigenvalue weighted by Gasteiger charge is 2.16. The Labute approximate surface area is 124 Å². The second-order valence-corrected chi connectivity index (χ2v) is 6.26. The third-order valence-electron chi connectivity index (χ3n) is 2.25. The average molecular weight is 300 g/mol. The summed E-state index contributed by atoms with van der Waals surface area (Å²) in [7, 11) is 0. The van der Waals surface area contributed by atoms with Crippen LogP contribution in [0, 0.1) is 5.92 Å². The minimum absolute atomic E-state index is 0.204. The molecule has 0 unspecified atom stereocenters. The maximum Gasteiger partial charge on any atom is 0.265 e. The number of nitrogens with zero attached hydrogens (tertiary/aromatic N) is 1. The number of nitrogens with one attached hydrogen (secondary N) is 2. The fraction of sp³-hybridized carbons (Fsp3) is 0.692. The van der Waals surface area contributed by atoms with E-state index in [9.17, 15) is 4.79 Å². The Hall–Kier alpha value is -1.34. The Morgan fingerprint density at radius 2 is 2.10 bits per heavy atom. The summed E-state index contributed by atoms with van der Waals surface area (Å²) >= 11 is 1.26. The summed E-state index contributed by atoms with van der Waals surface area (Å²) in [6.07, 6.45) is 0. The van der Waals surface area contributed by atoms with E-state index < -0.39 is 0 Å². The van der Waals surface area contributed by atoms with Gasteiger partial charge in [0, 0.05) is 19.2 Å². The smallest absolute Gasteiger partial charge is 0.265 e. The summed E-state index contributed by atoms with van der Waals surface area (Å²) < 4.78 is 5.40. The van der Waals surface area contributed by atoms with Crippen LogP contribution in [0.3, 0.4) is 0 Å². The maximum atomic E-state index is 12.0. The van der Waals surface area contributed by atoms with E-state index in [-0.39, 0.29) is 17.8 Å². The first kappa shape index (κ1) is 16.7. The molecule has 0 aliphatic carbocycles.